The molecule has 2 aliphatic heterocycles. The third-order valence-electron chi connectivity index (χ3n) is 4.69. The van der Waals surface area contributed by atoms with Gasteiger partial charge in [-0.05, 0) is 29.2 Å². The summed E-state index contributed by atoms with van der Waals surface area (Å²) in [5, 5.41) is 27.2. The average molecular weight is 505 g/mol. The summed E-state index contributed by atoms with van der Waals surface area (Å²) in [6.07, 6.45) is 4.98. The van der Waals surface area contributed by atoms with Crippen molar-refractivity contribution in [1.29, 1.82) is 0 Å². The third-order valence-corrected chi connectivity index (χ3v) is 7.48. The number of carboxylic acid groups (broad SMARTS) is 1. The highest BCUT2D eigenvalue weighted by atomic mass is 32.2. The van der Waals surface area contributed by atoms with Crippen LogP contribution in [0, 0.1) is 0 Å². The van der Waals surface area contributed by atoms with E-state index in [-0.39, 0.29) is 22.2 Å². The maximum Gasteiger partial charge on any atom is 0.352 e. The molecule has 2 amide bonds. The number of oxime groups is 1. The number of fused-ring (bicyclic) bond motifs is 1. The number of aliphatic carboxylic acids is 1. The van der Waals surface area contributed by atoms with Crippen molar-refractivity contribution in [2.45, 2.75) is 16.3 Å². The third kappa shape index (κ3) is 4.58. The van der Waals surface area contributed by atoms with Crippen molar-refractivity contribution < 1.29 is 24.7 Å². The van der Waals surface area contributed by atoms with Crippen molar-refractivity contribution in [3.8, 4) is 0 Å². The predicted molar refractivity (Wildman–Crippen MR) is 124 cm³/mol. The molecule has 14 heteroatoms. The van der Waals surface area contributed by atoms with Crippen LogP contribution in [-0.4, -0.2) is 65.8 Å². The number of hydrogen-bond donors (Lipinski definition) is 4. The van der Waals surface area contributed by atoms with Crippen LogP contribution in [0.15, 0.2) is 62.7 Å². The largest absolute Gasteiger partial charge is 0.477 e. The van der Waals surface area contributed by atoms with E-state index in [1.807, 2.05) is 12.1 Å². The van der Waals surface area contributed by atoms with Crippen molar-refractivity contribution in [2.24, 2.45) is 5.16 Å². The Bertz CT molecular complexity index is 1200. The van der Waals surface area contributed by atoms with Gasteiger partial charge in [0.05, 0.1) is 0 Å². The first kappa shape index (κ1) is 22.8. The maximum absolute atomic E-state index is 12.8. The number of anilines is 1. The van der Waals surface area contributed by atoms with Crippen molar-refractivity contribution in [2.75, 3.05) is 11.5 Å². The van der Waals surface area contributed by atoms with Crippen LogP contribution < -0.4 is 11.1 Å². The topological polar surface area (TPSA) is 171 Å². The molecule has 170 valence electrons. The van der Waals surface area contributed by atoms with Crippen molar-refractivity contribution in [1.82, 2.24) is 20.2 Å². The van der Waals surface area contributed by atoms with Crippen LogP contribution in [0.1, 0.15) is 5.69 Å². The minimum Gasteiger partial charge on any atom is -0.477 e. The zero-order valence-corrected chi connectivity index (χ0v) is 19.1. The molecule has 1 fully saturated rings. The average Bonchev–Trinajstić information content (AvgIpc) is 3.23. The van der Waals surface area contributed by atoms with Crippen LogP contribution in [-0.2, 0) is 14.4 Å². The Labute approximate surface area is 199 Å². The Morgan fingerprint density at radius 2 is 2.12 bits per heavy atom. The molecule has 5 N–H and O–H groups in total. The summed E-state index contributed by atoms with van der Waals surface area (Å²) >= 11 is 3.78. The fraction of sp³-hybridized carbons (Fsp3) is 0.158. The van der Waals surface area contributed by atoms with Gasteiger partial charge in [-0.25, -0.2) is 9.78 Å². The molecule has 4 rings (SSSR count). The Balaban J connectivity index is 1.48. The molecule has 0 bridgehead atoms. The molecule has 2 aromatic rings. The molecule has 1 saturated heterocycles. The number of carboxylic acids is 1. The number of thiazole rings is 1. The quantitative estimate of drug-likeness (QED) is 0.142. The first-order valence-corrected chi connectivity index (χ1v) is 12.1. The van der Waals surface area contributed by atoms with Crippen LogP contribution in [0.5, 0.6) is 0 Å². The zero-order chi connectivity index (χ0) is 23.5. The summed E-state index contributed by atoms with van der Waals surface area (Å²) in [6, 6.07) is 2.67. The maximum atomic E-state index is 12.8. The number of nitrogens with one attached hydrogen (secondary N) is 1. The van der Waals surface area contributed by atoms with E-state index in [2.05, 4.69) is 20.4 Å². The minimum atomic E-state index is -1.23. The first-order chi connectivity index (χ1) is 15.9. The van der Waals surface area contributed by atoms with Gasteiger partial charge in [-0.15, -0.1) is 23.1 Å². The molecule has 4 heterocycles. The lowest BCUT2D eigenvalue weighted by molar-refractivity contribution is -0.150. The molecule has 1 unspecified atom stereocenters. The highest BCUT2D eigenvalue weighted by Gasteiger charge is 2.54. The van der Waals surface area contributed by atoms with Crippen LogP contribution in [0.25, 0.3) is 0 Å². The van der Waals surface area contributed by atoms with Crippen LogP contribution >= 0.6 is 34.9 Å². The van der Waals surface area contributed by atoms with Crippen LogP contribution in [0.2, 0.25) is 0 Å². The van der Waals surface area contributed by atoms with Gasteiger partial charge in [0.25, 0.3) is 11.8 Å². The highest BCUT2D eigenvalue weighted by molar-refractivity contribution is 8.02. The molecule has 0 radical (unpaired) electrons. The van der Waals surface area contributed by atoms with Gasteiger partial charge in [0.2, 0.25) is 0 Å². The van der Waals surface area contributed by atoms with E-state index in [9.17, 15) is 24.7 Å². The summed E-state index contributed by atoms with van der Waals surface area (Å²) in [4.78, 5) is 47.2. The lowest BCUT2D eigenvalue weighted by Crippen LogP contribution is -2.71. The SMILES string of the molecule is Nc1nc(C(=NO)C(=O)NC2C(=O)N3C(C(=O)O)=C(C=CSc4ccncc4)CS[C@H]23)cs1. The van der Waals surface area contributed by atoms with Crippen LogP contribution in [0.3, 0.4) is 0 Å². The van der Waals surface area contributed by atoms with E-state index < -0.39 is 29.2 Å². The zero-order valence-electron chi connectivity index (χ0n) is 16.6. The summed E-state index contributed by atoms with van der Waals surface area (Å²) in [7, 11) is 0. The number of aromatic nitrogens is 2. The molecule has 0 saturated carbocycles. The first-order valence-electron chi connectivity index (χ1n) is 9.29. The number of carbonyl (C=O) groups excluding carboxylic acids is 2. The lowest BCUT2D eigenvalue weighted by Gasteiger charge is -2.49. The van der Waals surface area contributed by atoms with Gasteiger partial charge in [0, 0.05) is 28.4 Å². The molecule has 11 nitrogen and oxygen atoms in total. The van der Waals surface area contributed by atoms with Gasteiger partial charge < -0.3 is 21.4 Å². The molecular formula is C19H16N6O5S3. The van der Waals surface area contributed by atoms with E-state index in [1.165, 1.54) is 28.9 Å². The second kappa shape index (κ2) is 9.64. The monoisotopic (exact) mass is 504 g/mol. The van der Waals surface area contributed by atoms with Gasteiger partial charge in [0.15, 0.2) is 10.8 Å². The summed E-state index contributed by atoms with van der Waals surface area (Å²) in [5.41, 5.74) is 5.60. The molecule has 2 aromatic heterocycles. The number of carbonyl (C=O) groups is 3. The van der Waals surface area contributed by atoms with Gasteiger partial charge in [0.1, 0.15) is 22.8 Å². The molecule has 0 aromatic carbocycles. The Morgan fingerprint density at radius 3 is 2.76 bits per heavy atom. The standard InChI is InChI=1S/C19H16N6O5S3/c20-19-22-11(8-33-19)12(24-30)15(26)23-13-16(27)25-14(18(28)29)9(7-32-17(13)25)3-6-31-10-1-4-21-5-2-10/h1-6,8,13,17,30H,7H2,(H2,20,22)(H,23,26)(H,28,29)/t13?,17-/m1/s1. The van der Waals surface area contributed by atoms with E-state index in [4.69, 9.17) is 5.73 Å². The van der Waals surface area contributed by atoms with Gasteiger partial charge in [-0.2, -0.15) is 0 Å². The Kier molecular flexibility index (Phi) is 6.67. The lowest BCUT2D eigenvalue weighted by atomic mass is 10.0. The van der Waals surface area contributed by atoms with Crippen LogP contribution in [0.4, 0.5) is 5.13 Å². The highest BCUT2D eigenvalue weighted by Crippen LogP contribution is 2.41. The van der Waals surface area contributed by atoms with Gasteiger partial charge >= 0.3 is 5.97 Å². The van der Waals surface area contributed by atoms with Gasteiger partial charge in [-0.1, -0.05) is 16.9 Å². The normalized spacial score (nSPS) is 20.5. The summed E-state index contributed by atoms with van der Waals surface area (Å²) in [5.74, 6) is -2.29. The van der Waals surface area contributed by atoms with E-state index >= 15 is 0 Å². The Morgan fingerprint density at radius 1 is 1.36 bits per heavy atom. The number of thioether (sulfide) groups is 2. The number of rotatable bonds is 7. The second-order valence-electron chi connectivity index (χ2n) is 6.66. The van der Waals surface area contributed by atoms with Gasteiger partial charge in [-0.3, -0.25) is 19.5 Å². The minimum absolute atomic E-state index is 0.0719. The number of nitrogens with two attached hydrogens (primary N) is 1. The fourth-order valence-corrected chi connectivity index (χ4v) is 5.74. The molecular weight excluding hydrogens is 488 g/mol. The Hall–Kier alpha value is -3.36. The van der Waals surface area contributed by atoms with E-state index in [0.29, 0.717) is 11.3 Å². The number of allylic oxidation sites excluding steroid dienone is 1. The van der Waals surface area contributed by atoms with E-state index in [1.54, 1.807) is 23.9 Å². The van der Waals surface area contributed by atoms with Crippen molar-refractivity contribution >= 4 is 63.5 Å². The predicted octanol–water partition coefficient (Wildman–Crippen LogP) is 1.34. The molecule has 0 spiro atoms. The van der Waals surface area contributed by atoms with Crippen molar-refractivity contribution in [3.05, 3.63) is 58.4 Å². The molecule has 0 aliphatic carbocycles. The number of hydrogen-bond acceptors (Lipinski definition) is 11. The molecule has 2 aliphatic rings. The van der Waals surface area contributed by atoms with E-state index in [0.717, 1.165) is 21.1 Å². The summed E-state index contributed by atoms with van der Waals surface area (Å²) in [6.45, 7) is 0. The second-order valence-corrected chi connectivity index (χ2v) is 9.64. The molecule has 33 heavy (non-hydrogen) atoms. The summed E-state index contributed by atoms with van der Waals surface area (Å²) < 4.78 is 0. The molecule has 2 atom stereocenters. The van der Waals surface area contributed by atoms with Crippen molar-refractivity contribution in [3.63, 3.8) is 0 Å². The smallest absolute Gasteiger partial charge is 0.352 e. The number of amides is 2. The number of pyridine rings is 1. The number of nitrogen functional groups attached to an aromatic ring is 1. The number of β-lactam (4-membered cyclic amide) rings is 1. The number of nitrogens with zero attached hydrogens (tertiary/aromatic N) is 4. The fourth-order valence-electron chi connectivity index (χ4n) is 3.20.